The van der Waals surface area contributed by atoms with Crippen molar-refractivity contribution in [1.82, 2.24) is 15.8 Å². The first-order chi connectivity index (χ1) is 12.5. The number of allylic oxidation sites excluding steroid dienone is 5. The molecule has 26 heavy (non-hydrogen) atoms. The first-order valence-electron chi connectivity index (χ1n) is 9.05. The van der Waals surface area contributed by atoms with Crippen molar-refractivity contribution >= 4 is 0 Å². The molecule has 0 saturated carbocycles. The summed E-state index contributed by atoms with van der Waals surface area (Å²) in [7, 11) is 0. The van der Waals surface area contributed by atoms with E-state index in [-0.39, 0.29) is 0 Å². The summed E-state index contributed by atoms with van der Waals surface area (Å²) in [5.74, 6) is 0.842. The Morgan fingerprint density at radius 1 is 1.31 bits per heavy atom. The summed E-state index contributed by atoms with van der Waals surface area (Å²) < 4.78 is 5.65. The van der Waals surface area contributed by atoms with Gasteiger partial charge in [-0.15, -0.1) is 0 Å². The van der Waals surface area contributed by atoms with Crippen LogP contribution in [0.4, 0.5) is 0 Å². The van der Waals surface area contributed by atoms with Gasteiger partial charge in [0.05, 0.1) is 17.5 Å². The number of rotatable bonds is 4. The fourth-order valence-electron chi connectivity index (χ4n) is 3.56. The summed E-state index contributed by atoms with van der Waals surface area (Å²) in [6, 6.07) is 10.4. The predicted octanol–water partition coefficient (Wildman–Crippen LogP) is 2.71. The van der Waals surface area contributed by atoms with Crippen molar-refractivity contribution in [3.8, 4) is 0 Å². The largest absolute Gasteiger partial charge is 0.465 e. The molecule has 1 aliphatic carbocycles. The van der Waals surface area contributed by atoms with Crippen LogP contribution >= 0.6 is 0 Å². The minimum absolute atomic E-state index is 0.462. The Morgan fingerprint density at radius 3 is 2.92 bits per heavy atom. The third-order valence-electron chi connectivity index (χ3n) is 4.99. The SMILES string of the molecule is CC1(C)NC2=C(C=C3OC=CC=C3C2)N(NCCc2ccccc2)[C@@H]1O. The van der Waals surface area contributed by atoms with Gasteiger partial charge in [0.2, 0.25) is 0 Å². The lowest BCUT2D eigenvalue weighted by Crippen LogP contribution is -2.64. The van der Waals surface area contributed by atoms with Gasteiger partial charge in [0.15, 0.2) is 6.23 Å². The number of benzene rings is 1. The summed E-state index contributed by atoms with van der Waals surface area (Å²) in [6.45, 7) is 4.76. The second-order valence-corrected chi connectivity index (χ2v) is 7.42. The highest BCUT2D eigenvalue weighted by Crippen LogP contribution is 2.36. The van der Waals surface area contributed by atoms with Crippen LogP contribution in [0.1, 0.15) is 25.8 Å². The first-order valence-corrected chi connectivity index (χ1v) is 9.05. The molecule has 0 saturated heterocycles. The molecular weight excluding hydrogens is 326 g/mol. The van der Waals surface area contributed by atoms with Gasteiger partial charge >= 0.3 is 0 Å². The highest BCUT2D eigenvalue weighted by Gasteiger charge is 2.41. The van der Waals surface area contributed by atoms with E-state index < -0.39 is 11.8 Å². The highest BCUT2D eigenvalue weighted by atomic mass is 16.5. The number of aliphatic hydroxyl groups excluding tert-OH is 1. The van der Waals surface area contributed by atoms with E-state index in [2.05, 4.69) is 29.0 Å². The van der Waals surface area contributed by atoms with Crippen LogP contribution in [-0.2, 0) is 11.2 Å². The lowest BCUT2D eigenvalue weighted by Gasteiger charge is -2.48. The first kappa shape index (κ1) is 16.9. The zero-order valence-electron chi connectivity index (χ0n) is 15.2. The van der Waals surface area contributed by atoms with Gasteiger partial charge in [-0.2, -0.15) is 0 Å². The fourth-order valence-corrected chi connectivity index (χ4v) is 3.56. The quantitative estimate of drug-likeness (QED) is 0.779. The van der Waals surface area contributed by atoms with E-state index in [0.29, 0.717) is 0 Å². The van der Waals surface area contributed by atoms with Gasteiger partial charge in [-0.05, 0) is 31.9 Å². The van der Waals surface area contributed by atoms with Crippen LogP contribution in [0, 0.1) is 0 Å². The summed E-state index contributed by atoms with van der Waals surface area (Å²) in [5, 5.41) is 16.3. The molecule has 2 aliphatic heterocycles. The van der Waals surface area contributed by atoms with Gasteiger partial charge in [-0.3, -0.25) is 5.01 Å². The minimum Gasteiger partial charge on any atom is -0.465 e. The molecule has 1 atom stereocenters. The third-order valence-corrected chi connectivity index (χ3v) is 4.99. The summed E-state index contributed by atoms with van der Waals surface area (Å²) >= 11 is 0. The average Bonchev–Trinajstić information content (AvgIpc) is 2.64. The molecule has 0 aromatic heterocycles. The van der Waals surface area contributed by atoms with Gasteiger partial charge in [0.25, 0.3) is 0 Å². The molecule has 1 aromatic rings. The molecule has 3 aliphatic rings. The molecule has 0 spiro atoms. The Bertz CT molecular complexity index is 806. The Balaban J connectivity index is 1.56. The van der Waals surface area contributed by atoms with Gasteiger partial charge in [0.1, 0.15) is 5.76 Å². The molecule has 5 nitrogen and oxygen atoms in total. The number of hydrazine groups is 1. The topological polar surface area (TPSA) is 56.8 Å². The number of nitrogens with zero attached hydrogens (tertiary/aromatic N) is 1. The van der Waals surface area contributed by atoms with Crippen molar-refractivity contribution in [2.75, 3.05) is 6.54 Å². The molecule has 136 valence electrons. The zero-order chi connectivity index (χ0) is 18.1. The van der Waals surface area contributed by atoms with Crippen molar-refractivity contribution in [1.29, 1.82) is 0 Å². The Hall–Kier alpha value is -2.50. The molecule has 1 aromatic carbocycles. The Labute approximate surface area is 154 Å². The maximum atomic E-state index is 10.9. The van der Waals surface area contributed by atoms with E-state index in [0.717, 1.165) is 42.1 Å². The van der Waals surface area contributed by atoms with Crippen molar-refractivity contribution < 1.29 is 9.84 Å². The van der Waals surface area contributed by atoms with E-state index >= 15 is 0 Å². The monoisotopic (exact) mass is 351 g/mol. The molecule has 3 N–H and O–H groups in total. The summed E-state index contributed by atoms with van der Waals surface area (Å²) in [4.78, 5) is 0. The van der Waals surface area contributed by atoms with E-state index in [9.17, 15) is 5.11 Å². The average molecular weight is 351 g/mol. The lowest BCUT2D eigenvalue weighted by molar-refractivity contribution is -0.0690. The Morgan fingerprint density at radius 2 is 2.12 bits per heavy atom. The van der Waals surface area contributed by atoms with Crippen LogP contribution in [0.3, 0.4) is 0 Å². The molecule has 2 heterocycles. The molecule has 0 unspecified atom stereocenters. The van der Waals surface area contributed by atoms with Crippen LogP contribution in [0.5, 0.6) is 0 Å². The van der Waals surface area contributed by atoms with Gasteiger partial charge in [-0.1, -0.05) is 36.4 Å². The second-order valence-electron chi connectivity index (χ2n) is 7.42. The normalized spacial score (nSPS) is 23.3. The minimum atomic E-state index is -0.696. The van der Waals surface area contributed by atoms with Gasteiger partial charge < -0.3 is 15.2 Å². The molecule has 0 amide bonds. The van der Waals surface area contributed by atoms with Crippen molar-refractivity contribution in [2.24, 2.45) is 0 Å². The maximum absolute atomic E-state index is 10.9. The van der Waals surface area contributed by atoms with E-state index in [1.54, 1.807) is 6.26 Å². The lowest BCUT2D eigenvalue weighted by atomic mass is 9.91. The van der Waals surface area contributed by atoms with Crippen LogP contribution in [0.2, 0.25) is 0 Å². The molecule has 4 rings (SSSR count). The molecule has 0 radical (unpaired) electrons. The molecule has 5 heteroatoms. The predicted molar refractivity (Wildman–Crippen MR) is 101 cm³/mol. The Kier molecular flexibility index (Phi) is 4.34. The second kappa shape index (κ2) is 6.67. The van der Waals surface area contributed by atoms with E-state index in [4.69, 9.17) is 4.74 Å². The molecule has 0 bridgehead atoms. The summed E-state index contributed by atoms with van der Waals surface area (Å²) in [5.41, 5.74) is 7.41. The smallest absolute Gasteiger partial charge is 0.163 e. The number of fused-ring (bicyclic) bond motifs is 1. The number of ether oxygens (including phenoxy) is 1. The van der Waals surface area contributed by atoms with Crippen molar-refractivity contribution in [3.63, 3.8) is 0 Å². The number of nitrogens with one attached hydrogen (secondary N) is 2. The van der Waals surface area contributed by atoms with Crippen LogP contribution < -0.4 is 10.7 Å². The molecular formula is C21H25N3O2. The van der Waals surface area contributed by atoms with E-state index in [1.165, 1.54) is 5.56 Å². The zero-order valence-corrected chi connectivity index (χ0v) is 15.2. The number of hydrogen-bond acceptors (Lipinski definition) is 5. The van der Waals surface area contributed by atoms with Crippen molar-refractivity contribution in [2.45, 2.75) is 38.5 Å². The van der Waals surface area contributed by atoms with Gasteiger partial charge in [0, 0.05) is 30.3 Å². The molecule has 0 fully saturated rings. The van der Waals surface area contributed by atoms with Crippen LogP contribution in [0.25, 0.3) is 0 Å². The van der Waals surface area contributed by atoms with Gasteiger partial charge in [-0.25, -0.2) is 5.43 Å². The van der Waals surface area contributed by atoms with Crippen molar-refractivity contribution in [3.05, 3.63) is 83.1 Å². The third kappa shape index (κ3) is 3.16. The van der Waals surface area contributed by atoms with Crippen LogP contribution in [0.15, 0.2) is 77.5 Å². The number of hydrogen-bond donors (Lipinski definition) is 3. The fraction of sp³-hybridized carbons (Fsp3) is 0.333. The van der Waals surface area contributed by atoms with Crippen LogP contribution in [-0.4, -0.2) is 28.4 Å². The number of aliphatic hydroxyl groups is 1. The maximum Gasteiger partial charge on any atom is 0.163 e. The highest BCUT2D eigenvalue weighted by molar-refractivity contribution is 5.47. The van der Waals surface area contributed by atoms with E-state index in [1.807, 2.05) is 49.2 Å². The summed E-state index contributed by atoms with van der Waals surface area (Å²) in [6.07, 6.45) is 8.63. The standard InChI is InChI=1S/C21H25N3O2/c1-21(2)20(25)24(22-11-10-15-7-4-3-5-8-15)18-14-19-16(9-6-12-26-19)13-17(18)23-21/h3-9,12,14,20,22-23,25H,10-11,13H2,1-2H3/t20-/m1/s1.